The van der Waals surface area contributed by atoms with E-state index in [1.807, 2.05) is 36.4 Å². The fourth-order valence-electron chi connectivity index (χ4n) is 5.07. The highest BCUT2D eigenvalue weighted by molar-refractivity contribution is 5.89. The summed E-state index contributed by atoms with van der Waals surface area (Å²) in [5, 5.41) is 14.7. The van der Waals surface area contributed by atoms with E-state index in [1.54, 1.807) is 0 Å². The van der Waals surface area contributed by atoms with Gasteiger partial charge in [0.05, 0.1) is 6.42 Å². The van der Waals surface area contributed by atoms with Crippen molar-refractivity contribution in [3.8, 4) is 11.1 Å². The van der Waals surface area contributed by atoms with Gasteiger partial charge in [-0.05, 0) is 35.1 Å². The van der Waals surface area contributed by atoms with Crippen LogP contribution in [0.15, 0.2) is 48.5 Å². The lowest BCUT2D eigenvalue weighted by Crippen LogP contribution is -2.50. The van der Waals surface area contributed by atoms with Crippen LogP contribution >= 0.6 is 0 Å². The normalized spacial score (nSPS) is 16.9. The first kappa shape index (κ1) is 23.8. The number of carbonyl (C=O) groups excluding carboxylic acids is 2. The molecule has 2 aromatic carbocycles. The Hall–Kier alpha value is -3.35. The molecule has 0 aromatic heterocycles. The number of benzene rings is 2. The van der Waals surface area contributed by atoms with Gasteiger partial charge in [0.1, 0.15) is 12.6 Å². The molecule has 180 valence electrons. The summed E-state index contributed by atoms with van der Waals surface area (Å²) in [7, 11) is 0. The molecule has 0 spiro atoms. The molecule has 4 rings (SSSR count). The average Bonchev–Trinajstić information content (AvgIpc) is 3.12. The molecule has 0 saturated heterocycles. The molecule has 1 fully saturated rings. The number of fused-ring (bicyclic) bond motifs is 3. The lowest BCUT2D eigenvalue weighted by Gasteiger charge is -2.24. The van der Waals surface area contributed by atoms with Crippen LogP contribution in [0.1, 0.15) is 68.4 Å². The Balaban J connectivity index is 1.38. The Morgan fingerprint density at radius 2 is 1.44 bits per heavy atom. The van der Waals surface area contributed by atoms with Crippen molar-refractivity contribution < 1.29 is 24.2 Å². The third-order valence-corrected chi connectivity index (χ3v) is 6.78. The predicted octanol–water partition coefficient (Wildman–Crippen LogP) is 4.60. The molecule has 0 heterocycles. The minimum Gasteiger partial charge on any atom is -0.481 e. The zero-order chi connectivity index (χ0) is 23.9. The van der Waals surface area contributed by atoms with E-state index in [-0.39, 0.29) is 18.6 Å². The van der Waals surface area contributed by atoms with Gasteiger partial charge >= 0.3 is 12.1 Å². The fourth-order valence-corrected chi connectivity index (χ4v) is 5.07. The first-order valence-corrected chi connectivity index (χ1v) is 12.2. The number of alkyl carbamates (subject to hydrolysis) is 1. The van der Waals surface area contributed by atoms with Crippen molar-refractivity contribution >= 4 is 18.0 Å². The Labute approximate surface area is 199 Å². The van der Waals surface area contributed by atoms with Crippen LogP contribution in [0.4, 0.5) is 4.79 Å². The summed E-state index contributed by atoms with van der Waals surface area (Å²) in [6.45, 7) is 0.101. The summed E-state index contributed by atoms with van der Waals surface area (Å²) in [5.74, 6) is -1.74. The van der Waals surface area contributed by atoms with Crippen LogP contribution < -0.4 is 10.6 Å². The number of carboxylic acid groups (broad SMARTS) is 1. The molecule has 0 bridgehead atoms. The van der Waals surface area contributed by atoms with E-state index in [0.717, 1.165) is 60.8 Å². The van der Waals surface area contributed by atoms with E-state index in [2.05, 4.69) is 22.8 Å². The molecule has 7 heteroatoms. The number of rotatable bonds is 7. The van der Waals surface area contributed by atoms with E-state index < -0.39 is 30.4 Å². The molecular formula is C27H32N2O5. The second kappa shape index (κ2) is 11.2. The highest BCUT2D eigenvalue weighted by atomic mass is 16.5. The van der Waals surface area contributed by atoms with E-state index in [4.69, 9.17) is 4.74 Å². The second-order valence-corrected chi connectivity index (χ2v) is 9.17. The summed E-state index contributed by atoms with van der Waals surface area (Å²) >= 11 is 0. The summed E-state index contributed by atoms with van der Waals surface area (Å²) in [6.07, 6.45) is 6.02. The number of nitrogens with one attached hydrogen (secondary N) is 2. The van der Waals surface area contributed by atoms with Gasteiger partial charge < -0.3 is 20.5 Å². The summed E-state index contributed by atoms with van der Waals surface area (Å²) in [4.78, 5) is 36.8. The van der Waals surface area contributed by atoms with Gasteiger partial charge in [-0.15, -0.1) is 0 Å². The van der Waals surface area contributed by atoms with Crippen molar-refractivity contribution in [2.45, 2.75) is 69.4 Å². The molecule has 0 radical (unpaired) electrons. The van der Waals surface area contributed by atoms with E-state index in [9.17, 15) is 19.5 Å². The minimum atomic E-state index is -1.18. The first-order valence-electron chi connectivity index (χ1n) is 12.2. The van der Waals surface area contributed by atoms with Crippen molar-refractivity contribution in [1.29, 1.82) is 0 Å². The smallest absolute Gasteiger partial charge is 0.407 e. The maximum absolute atomic E-state index is 12.8. The molecule has 2 amide bonds. The van der Waals surface area contributed by atoms with Crippen molar-refractivity contribution in [1.82, 2.24) is 10.6 Å². The fraction of sp³-hybridized carbons (Fsp3) is 0.444. The number of ether oxygens (including phenoxy) is 1. The van der Waals surface area contributed by atoms with Gasteiger partial charge in [0, 0.05) is 12.0 Å². The molecule has 2 aliphatic rings. The van der Waals surface area contributed by atoms with Crippen LogP contribution in [0.5, 0.6) is 0 Å². The molecule has 34 heavy (non-hydrogen) atoms. The van der Waals surface area contributed by atoms with Crippen molar-refractivity contribution in [2.75, 3.05) is 6.61 Å². The summed E-state index contributed by atoms with van der Waals surface area (Å²) in [5.41, 5.74) is 4.41. The van der Waals surface area contributed by atoms with Crippen molar-refractivity contribution in [2.24, 2.45) is 0 Å². The van der Waals surface area contributed by atoms with Crippen LogP contribution in [-0.4, -0.2) is 41.8 Å². The minimum absolute atomic E-state index is 0.00778. The average molecular weight is 465 g/mol. The van der Waals surface area contributed by atoms with Gasteiger partial charge in [0.2, 0.25) is 5.91 Å². The van der Waals surface area contributed by atoms with Crippen LogP contribution in [0.25, 0.3) is 11.1 Å². The molecule has 2 aliphatic carbocycles. The molecule has 3 N–H and O–H groups in total. The van der Waals surface area contributed by atoms with Crippen LogP contribution in [0.3, 0.4) is 0 Å². The van der Waals surface area contributed by atoms with E-state index in [0.29, 0.717) is 0 Å². The predicted molar refractivity (Wildman–Crippen MR) is 128 cm³/mol. The molecule has 7 nitrogen and oxygen atoms in total. The molecule has 0 aliphatic heterocycles. The Morgan fingerprint density at radius 1 is 0.882 bits per heavy atom. The van der Waals surface area contributed by atoms with Gasteiger partial charge in [-0.3, -0.25) is 9.59 Å². The maximum atomic E-state index is 12.8. The number of amides is 2. The van der Waals surface area contributed by atoms with Gasteiger partial charge in [-0.2, -0.15) is 0 Å². The zero-order valence-electron chi connectivity index (χ0n) is 19.3. The third-order valence-electron chi connectivity index (χ3n) is 6.78. The largest absolute Gasteiger partial charge is 0.481 e. The van der Waals surface area contributed by atoms with Gasteiger partial charge in [-0.1, -0.05) is 80.6 Å². The second-order valence-electron chi connectivity index (χ2n) is 9.17. The topological polar surface area (TPSA) is 105 Å². The molecule has 1 unspecified atom stereocenters. The van der Waals surface area contributed by atoms with Crippen molar-refractivity contribution in [3.63, 3.8) is 0 Å². The van der Waals surface area contributed by atoms with Gasteiger partial charge in [0.25, 0.3) is 0 Å². The Bertz CT molecular complexity index is 984. The lowest BCUT2D eigenvalue weighted by atomic mass is 9.96. The monoisotopic (exact) mass is 464 g/mol. The summed E-state index contributed by atoms with van der Waals surface area (Å²) < 4.78 is 5.51. The number of aliphatic carboxylic acids is 1. The quantitative estimate of drug-likeness (QED) is 0.556. The summed E-state index contributed by atoms with van der Waals surface area (Å²) in [6, 6.07) is 14.9. The zero-order valence-corrected chi connectivity index (χ0v) is 19.3. The highest BCUT2D eigenvalue weighted by Gasteiger charge is 2.30. The highest BCUT2D eigenvalue weighted by Crippen LogP contribution is 2.44. The van der Waals surface area contributed by atoms with Crippen LogP contribution in [0, 0.1) is 0 Å². The van der Waals surface area contributed by atoms with Gasteiger partial charge in [-0.25, -0.2) is 4.79 Å². The Kier molecular flexibility index (Phi) is 7.83. The van der Waals surface area contributed by atoms with E-state index in [1.165, 1.54) is 6.42 Å². The van der Waals surface area contributed by atoms with Crippen LogP contribution in [0.2, 0.25) is 0 Å². The van der Waals surface area contributed by atoms with Crippen LogP contribution in [-0.2, 0) is 14.3 Å². The number of hydrogen-bond acceptors (Lipinski definition) is 4. The van der Waals surface area contributed by atoms with Gasteiger partial charge in [0.15, 0.2) is 0 Å². The molecular weight excluding hydrogens is 432 g/mol. The first-order chi connectivity index (χ1) is 16.5. The SMILES string of the molecule is O=C(O)CC(NC(=O)OCC1c2ccccc2-c2ccccc21)C(=O)NC1CCCCCCC1. The number of carbonyl (C=O) groups is 3. The lowest BCUT2D eigenvalue weighted by molar-refractivity contribution is -0.140. The van der Waals surface area contributed by atoms with E-state index >= 15 is 0 Å². The number of carboxylic acids is 1. The van der Waals surface area contributed by atoms with Crippen molar-refractivity contribution in [3.05, 3.63) is 59.7 Å². The molecule has 1 saturated carbocycles. The Morgan fingerprint density at radius 3 is 2.03 bits per heavy atom. The molecule has 1 atom stereocenters. The maximum Gasteiger partial charge on any atom is 0.407 e. The standard InChI is InChI=1S/C27H32N2O5/c30-25(31)16-24(26(32)28-18-10-4-2-1-3-5-11-18)29-27(33)34-17-23-21-14-8-6-12-19(21)20-13-7-9-15-22(20)23/h6-9,12-15,18,23-24H,1-5,10-11,16-17H2,(H,28,32)(H,29,33)(H,30,31). The molecule has 2 aromatic rings. The number of hydrogen-bond donors (Lipinski definition) is 3. The third kappa shape index (κ3) is 5.76.